The maximum absolute atomic E-state index is 14.1. The Kier molecular flexibility index (Phi) is 9.03. The molecule has 3 fully saturated rings. The number of rotatable bonds is 3. The van der Waals surface area contributed by atoms with E-state index in [2.05, 4.69) is 10.3 Å². The number of hydrogen-bond acceptors (Lipinski definition) is 8. The predicted octanol–water partition coefficient (Wildman–Crippen LogP) is 5.65. The summed E-state index contributed by atoms with van der Waals surface area (Å²) in [6.45, 7) is 5.99. The van der Waals surface area contributed by atoms with Gasteiger partial charge in [0.05, 0.1) is 23.6 Å². The Labute approximate surface area is 272 Å². The number of hydrogen-bond donors (Lipinski definition) is 1. The molecule has 47 heavy (non-hydrogen) atoms. The Balaban J connectivity index is 1.32. The van der Waals surface area contributed by atoms with E-state index in [1.54, 1.807) is 6.07 Å². The summed E-state index contributed by atoms with van der Waals surface area (Å²) < 4.78 is 55.7. The lowest BCUT2D eigenvalue weighted by atomic mass is 9.85. The molecule has 256 valence electrons. The van der Waals surface area contributed by atoms with Crippen LogP contribution in [0.25, 0.3) is 11.0 Å². The summed E-state index contributed by atoms with van der Waals surface area (Å²) in [5.41, 5.74) is 0.710. The van der Waals surface area contributed by atoms with E-state index in [1.165, 1.54) is 17.0 Å². The Morgan fingerprint density at radius 3 is 2.53 bits per heavy atom. The van der Waals surface area contributed by atoms with Crippen LogP contribution in [0.1, 0.15) is 71.9 Å². The van der Waals surface area contributed by atoms with E-state index < -0.39 is 54.3 Å². The van der Waals surface area contributed by atoms with Crippen molar-refractivity contribution in [3.8, 4) is 11.6 Å². The second-order valence-corrected chi connectivity index (χ2v) is 14.7. The zero-order valence-electron chi connectivity index (χ0n) is 27.2. The van der Waals surface area contributed by atoms with Crippen molar-refractivity contribution < 1.29 is 41.8 Å². The number of aldehydes is 1. The predicted molar refractivity (Wildman–Crippen MR) is 165 cm³/mol. The second-order valence-electron chi connectivity index (χ2n) is 14.7. The molecule has 2 bridgehead atoms. The van der Waals surface area contributed by atoms with Crippen molar-refractivity contribution >= 4 is 29.3 Å². The number of aryl methyl sites for hydroxylation is 1. The maximum Gasteiger partial charge on any atom is 0.422 e. The monoisotopic (exact) mass is 660 g/mol. The molecule has 8 atom stereocenters. The Hall–Kier alpha value is -3.64. The van der Waals surface area contributed by atoms with Crippen LogP contribution >= 0.6 is 0 Å². The molecule has 2 amide bonds. The van der Waals surface area contributed by atoms with Crippen LogP contribution in [0.2, 0.25) is 0 Å². The SMILES string of the molecule is C[C@@H]1[C@@H]2CN(C(=O)[C@H](C(C)(C)C)NC(=O)O[C@@H]3CC4CC4[C@H]3CCCCCc3nc4ccc(OCC(F)(F)F)cc4nc3O2)[C@@H]1C=O. The lowest BCUT2D eigenvalue weighted by molar-refractivity contribution is -0.153. The molecule has 2 saturated carbocycles. The minimum atomic E-state index is -4.49. The van der Waals surface area contributed by atoms with Gasteiger partial charge >= 0.3 is 12.3 Å². The molecule has 10 nitrogen and oxygen atoms in total. The number of amides is 2. The fourth-order valence-electron chi connectivity index (χ4n) is 7.58. The van der Waals surface area contributed by atoms with E-state index in [9.17, 15) is 27.6 Å². The number of alkyl halides is 3. The summed E-state index contributed by atoms with van der Waals surface area (Å²) in [5, 5.41) is 2.84. The average Bonchev–Trinajstić information content (AvgIpc) is 3.57. The molecule has 6 rings (SSSR count). The summed E-state index contributed by atoms with van der Waals surface area (Å²) in [5.74, 6) is 0.797. The van der Waals surface area contributed by atoms with Crippen LogP contribution in [-0.4, -0.2) is 76.8 Å². The molecule has 13 heteroatoms. The van der Waals surface area contributed by atoms with Crippen molar-refractivity contribution in [1.82, 2.24) is 20.2 Å². The minimum absolute atomic E-state index is 0.00124. The van der Waals surface area contributed by atoms with Gasteiger partial charge in [0.15, 0.2) is 6.61 Å². The van der Waals surface area contributed by atoms with Gasteiger partial charge in [-0.05, 0) is 67.4 Å². The van der Waals surface area contributed by atoms with Gasteiger partial charge in [0, 0.05) is 12.0 Å². The second kappa shape index (κ2) is 12.8. The number of ether oxygens (including phenoxy) is 3. The first kappa shape index (κ1) is 33.3. The van der Waals surface area contributed by atoms with Crippen LogP contribution in [0, 0.1) is 29.1 Å². The molecule has 0 radical (unpaired) electrons. The molecule has 3 heterocycles. The standard InChI is InChI=1S/C34H43F3N4O6/c1-18-26(16-42)41-15-28(18)46-30-24(38-23-11-10-20(14-25(23)39-30)45-17-34(35,36)37)9-7-5-6-8-21-22-12-19(22)13-27(21)47-32(44)40-29(31(41)43)33(2,3)4/h10-11,14,16,18-19,21-22,26-29H,5-9,12-13,15,17H2,1-4H3,(H,40,44)/t18-,19?,21+,22?,26+,27+,28-,29+/m0/s1. The Morgan fingerprint density at radius 1 is 1.02 bits per heavy atom. The third-order valence-electron chi connectivity index (χ3n) is 10.2. The summed E-state index contributed by atoms with van der Waals surface area (Å²) >= 11 is 0. The van der Waals surface area contributed by atoms with Crippen molar-refractivity contribution in [2.75, 3.05) is 13.2 Å². The first-order valence-electron chi connectivity index (χ1n) is 16.6. The molecular formula is C34H43F3N4O6. The molecular weight excluding hydrogens is 617 g/mol. The van der Waals surface area contributed by atoms with Crippen molar-refractivity contribution in [3.05, 3.63) is 23.9 Å². The molecule has 1 saturated heterocycles. The highest BCUT2D eigenvalue weighted by molar-refractivity contribution is 5.89. The van der Waals surface area contributed by atoms with Gasteiger partial charge < -0.3 is 29.2 Å². The maximum atomic E-state index is 14.1. The van der Waals surface area contributed by atoms with Gasteiger partial charge in [-0.2, -0.15) is 13.2 Å². The number of fused-ring (bicyclic) bond motifs is 7. The fourth-order valence-corrected chi connectivity index (χ4v) is 7.58. The van der Waals surface area contributed by atoms with Crippen LogP contribution in [-0.2, 0) is 20.7 Å². The molecule has 2 unspecified atom stereocenters. The van der Waals surface area contributed by atoms with Gasteiger partial charge in [-0.15, -0.1) is 0 Å². The van der Waals surface area contributed by atoms with Crippen LogP contribution in [0.3, 0.4) is 0 Å². The average molecular weight is 661 g/mol. The van der Waals surface area contributed by atoms with Gasteiger partial charge in [-0.1, -0.05) is 40.5 Å². The van der Waals surface area contributed by atoms with Crippen LogP contribution in [0.4, 0.5) is 18.0 Å². The number of nitrogens with one attached hydrogen (secondary N) is 1. The fraction of sp³-hybridized carbons (Fsp3) is 0.676. The summed E-state index contributed by atoms with van der Waals surface area (Å²) in [7, 11) is 0. The van der Waals surface area contributed by atoms with Crippen molar-refractivity contribution in [1.29, 1.82) is 0 Å². The van der Waals surface area contributed by atoms with E-state index in [-0.39, 0.29) is 30.2 Å². The zero-order chi connectivity index (χ0) is 33.7. The van der Waals surface area contributed by atoms with Crippen molar-refractivity contribution in [3.63, 3.8) is 0 Å². The van der Waals surface area contributed by atoms with Gasteiger partial charge in [0.2, 0.25) is 11.8 Å². The molecule has 2 aliphatic carbocycles. The van der Waals surface area contributed by atoms with E-state index >= 15 is 0 Å². The van der Waals surface area contributed by atoms with Gasteiger partial charge in [0.1, 0.15) is 36.0 Å². The number of nitrogens with zero attached hydrogens (tertiary/aromatic N) is 3. The molecule has 0 spiro atoms. The summed E-state index contributed by atoms with van der Waals surface area (Å²) in [6, 6.07) is 2.64. The first-order valence-corrected chi connectivity index (χ1v) is 16.6. The topological polar surface area (TPSA) is 120 Å². The summed E-state index contributed by atoms with van der Waals surface area (Å²) in [4.78, 5) is 50.7. The molecule has 1 aromatic heterocycles. The molecule has 1 N–H and O–H groups in total. The molecule has 2 aliphatic heterocycles. The van der Waals surface area contributed by atoms with Gasteiger partial charge in [0.25, 0.3) is 0 Å². The number of carbonyl (C=O) groups is 3. The summed E-state index contributed by atoms with van der Waals surface area (Å²) in [6.07, 6.45) is 0.929. The van der Waals surface area contributed by atoms with Crippen LogP contribution in [0.15, 0.2) is 18.2 Å². The van der Waals surface area contributed by atoms with E-state index in [1.807, 2.05) is 27.7 Å². The van der Waals surface area contributed by atoms with E-state index in [0.717, 1.165) is 44.8 Å². The van der Waals surface area contributed by atoms with Gasteiger partial charge in [-0.25, -0.2) is 14.8 Å². The van der Waals surface area contributed by atoms with E-state index in [0.29, 0.717) is 35.0 Å². The van der Waals surface area contributed by atoms with Crippen LogP contribution < -0.4 is 14.8 Å². The normalized spacial score (nSPS) is 31.8. The lowest BCUT2D eigenvalue weighted by Gasteiger charge is -2.35. The number of carbonyl (C=O) groups excluding carboxylic acids is 3. The minimum Gasteiger partial charge on any atom is -0.484 e. The third kappa shape index (κ3) is 7.28. The number of alkyl carbamates (subject to hydrolysis) is 1. The van der Waals surface area contributed by atoms with Crippen molar-refractivity contribution in [2.24, 2.45) is 29.1 Å². The molecule has 4 aliphatic rings. The van der Waals surface area contributed by atoms with E-state index in [4.69, 9.17) is 19.2 Å². The number of benzene rings is 1. The highest BCUT2D eigenvalue weighted by Crippen LogP contribution is 2.57. The highest BCUT2D eigenvalue weighted by atomic mass is 19.4. The van der Waals surface area contributed by atoms with Crippen LogP contribution in [0.5, 0.6) is 11.6 Å². The number of halogens is 3. The van der Waals surface area contributed by atoms with Crippen molar-refractivity contribution in [2.45, 2.75) is 103 Å². The highest BCUT2D eigenvalue weighted by Gasteiger charge is 2.54. The Morgan fingerprint density at radius 2 is 1.81 bits per heavy atom. The first-order chi connectivity index (χ1) is 22.2. The molecule has 1 aromatic carbocycles. The Bertz CT molecular complexity index is 1510. The lowest BCUT2D eigenvalue weighted by Crippen LogP contribution is -2.56. The zero-order valence-corrected chi connectivity index (χ0v) is 27.2. The largest absolute Gasteiger partial charge is 0.484 e. The quantitative estimate of drug-likeness (QED) is 0.420. The smallest absolute Gasteiger partial charge is 0.422 e. The number of aromatic nitrogens is 2. The van der Waals surface area contributed by atoms with Gasteiger partial charge in [-0.3, -0.25) is 4.79 Å². The molecule has 2 aromatic rings. The third-order valence-corrected chi connectivity index (χ3v) is 10.2.